The average molecular weight is 579 g/mol. The first-order chi connectivity index (χ1) is 17.7. The molecule has 4 aromatic rings. The molecule has 1 heterocycles. The Kier molecular flexibility index (Phi) is 8.67. The molecular weight excluding hydrogens is 552 g/mol. The predicted octanol–water partition coefficient (Wildman–Crippen LogP) is 8.06. The number of carbonyl (C=O) groups excluding carboxylic acids is 2. The van der Waals surface area contributed by atoms with Crippen LogP contribution >= 0.6 is 24.0 Å². The van der Waals surface area contributed by atoms with Crippen molar-refractivity contribution in [2.24, 2.45) is 5.41 Å². The van der Waals surface area contributed by atoms with E-state index in [2.05, 4.69) is 20.6 Å². The van der Waals surface area contributed by atoms with Crippen LogP contribution in [0.1, 0.15) is 58.4 Å². The molecule has 39 heavy (non-hydrogen) atoms. The second kappa shape index (κ2) is 11.3. The zero-order valence-corrected chi connectivity index (χ0v) is 23.2. The number of rotatable bonds is 5. The molecule has 0 aliphatic rings. The van der Waals surface area contributed by atoms with E-state index in [-0.39, 0.29) is 29.1 Å². The van der Waals surface area contributed by atoms with E-state index in [4.69, 9.17) is 11.6 Å². The quantitative estimate of drug-likeness (QED) is 0.224. The molecule has 206 valence electrons. The number of alkyl halides is 3. The van der Waals surface area contributed by atoms with Gasteiger partial charge in [0, 0.05) is 22.8 Å². The van der Waals surface area contributed by atoms with Crippen molar-refractivity contribution in [3.05, 3.63) is 87.7 Å². The minimum Gasteiger partial charge on any atom is -0.342 e. The van der Waals surface area contributed by atoms with E-state index in [9.17, 15) is 22.8 Å². The van der Waals surface area contributed by atoms with Gasteiger partial charge in [-0.05, 0) is 54.3 Å². The van der Waals surface area contributed by atoms with Crippen LogP contribution in [0.5, 0.6) is 0 Å². The Balaban J connectivity index is 0.00000420. The summed E-state index contributed by atoms with van der Waals surface area (Å²) in [6.45, 7) is 7.89. The van der Waals surface area contributed by atoms with Crippen molar-refractivity contribution in [3.63, 3.8) is 0 Å². The van der Waals surface area contributed by atoms with Crippen LogP contribution in [0.2, 0.25) is 5.02 Å². The van der Waals surface area contributed by atoms with E-state index in [0.29, 0.717) is 39.6 Å². The fourth-order valence-corrected chi connectivity index (χ4v) is 4.23. The highest BCUT2D eigenvalue weighted by Gasteiger charge is 2.35. The number of imidazole rings is 1. The Morgan fingerprint density at radius 2 is 1.62 bits per heavy atom. The van der Waals surface area contributed by atoms with E-state index in [0.717, 1.165) is 12.1 Å². The number of benzene rings is 3. The summed E-state index contributed by atoms with van der Waals surface area (Å²) < 4.78 is 40.4. The van der Waals surface area contributed by atoms with Crippen molar-refractivity contribution in [1.29, 1.82) is 0 Å². The number of anilines is 2. The summed E-state index contributed by atoms with van der Waals surface area (Å²) in [6.07, 6.45) is -4.13. The number of hydrogen-bond acceptors (Lipinski definition) is 3. The number of nitrogens with one attached hydrogen (secondary N) is 3. The molecule has 0 aliphatic carbocycles. The molecular formula is C28H27Cl2F3N4O2. The lowest BCUT2D eigenvalue weighted by atomic mass is 9.92. The highest BCUT2D eigenvalue weighted by molar-refractivity contribution is 6.31. The molecule has 0 bridgehead atoms. The topological polar surface area (TPSA) is 86.9 Å². The molecule has 0 saturated carbocycles. The highest BCUT2D eigenvalue weighted by Crippen LogP contribution is 2.33. The Labute approximate surface area is 234 Å². The largest absolute Gasteiger partial charge is 0.417 e. The standard InChI is InChI=1S/C28H26ClF3N4O2.ClH/c1-15-20(29)10-7-11-21(15)35-26(38)18-12-16(13-22-24(18)36-23(34-22)14-27(2,3)4)33-25(37)17-8-5-6-9-19(17)28(30,31)32;/h5-13H,14H2,1-4H3,(H,33,37)(H,34,36)(H,35,38);1H. The number of amides is 2. The first kappa shape index (κ1) is 30.0. The molecule has 0 spiro atoms. The summed E-state index contributed by atoms with van der Waals surface area (Å²) in [6, 6.07) is 12.6. The van der Waals surface area contributed by atoms with E-state index >= 15 is 0 Å². The minimum absolute atomic E-state index is 0. The van der Waals surface area contributed by atoms with Gasteiger partial charge in [0.05, 0.1) is 22.2 Å². The lowest BCUT2D eigenvalue weighted by Gasteiger charge is -2.15. The fourth-order valence-electron chi connectivity index (χ4n) is 4.06. The maximum Gasteiger partial charge on any atom is 0.417 e. The molecule has 11 heteroatoms. The summed E-state index contributed by atoms with van der Waals surface area (Å²) in [4.78, 5) is 34.1. The van der Waals surface area contributed by atoms with Crippen LogP contribution in [0.25, 0.3) is 11.0 Å². The molecule has 2 amide bonds. The van der Waals surface area contributed by atoms with E-state index < -0.39 is 29.1 Å². The molecule has 4 rings (SSSR count). The van der Waals surface area contributed by atoms with Gasteiger partial charge in [0.1, 0.15) is 11.3 Å². The van der Waals surface area contributed by atoms with Crippen molar-refractivity contribution in [2.45, 2.75) is 40.3 Å². The third-order valence-corrected chi connectivity index (χ3v) is 6.24. The number of halogens is 5. The van der Waals surface area contributed by atoms with Gasteiger partial charge < -0.3 is 15.6 Å². The van der Waals surface area contributed by atoms with Crippen LogP contribution in [0.15, 0.2) is 54.6 Å². The maximum absolute atomic E-state index is 13.5. The van der Waals surface area contributed by atoms with Gasteiger partial charge >= 0.3 is 6.18 Å². The smallest absolute Gasteiger partial charge is 0.342 e. The molecule has 1 aromatic heterocycles. The lowest BCUT2D eigenvalue weighted by molar-refractivity contribution is -0.137. The number of aromatic amines is 1. The number of nitrogens with zero attached hydrogens (tertiary/aromatic N) is 1. The lowest BCUT2D eigenvalue weighted by Crippen LogP contribution is -2.19. The molecule has 6 nitrogen and oxygen atoms in total. The molecule has 0 atom stereocenters. The Bertz CT molecular complexity index is 1540. The van der Waals surface area contributed by atoms with Gasteiger partial charge in [-0.1, -0.05) is 50.6 Å². The predicted molar refractivity (Wildman–Crippen MR) is 150 cm³/mol. The summed E-state index contributed by atoms with van der Waals surface area (Å²) in [7, 11) is 0. The monoisotopic (exact) mass is 578 g/mol. The van der Waals surface area contributed by atoms with Gasteiger partial charge in [-0.25, -0.2) is 4.98 Å². The van der Waals surface area contributed by atoms with Gasteiger partial charge in [0.25, 0.3) is 11.8 Å². The van der Waals surface area contributed by atoms with Crippen LogP contribution in [0.4, 0.5) is 24.5 Å². The van der Waals surface area contributed by atoms with E-state index in [1.807, 2.05) is 20.8 Å². The van der Waals surface area contributed by atoms with Crippen LogP contribution in [0, 0.1) is 12.3 Å². The number of carbonyl (C=O) groups is 2. The van der Waals surface area contributed by atoms with Crippen LogP contribution in [-0.2, 0) is 12.6 Å². The average Bonchev–Trinajstić information content (AvgIpc) is 3.21. The molecule has 0 aliphatic heterocycles. The third kappa shape index (κ3) is 6.91. The number of hydrogen-bond donors (Lipinski definition) is 3. The number of aromatic nitrogens is 2. The molecule has 0 fully saturated rings. The first-order valence-electron chi connectivity index (χ1n) is 11.8. The van der Waals surface area contributed by atoms with Crippen LogP contribution in [0.3, 0.4) is 0 Å². The first-order valence-corrected chi connectivity index (χ1v) is 12.2. The fraction of sp³-hybridized carbons (Fsp3) is 0.250. The number of H-pyrrole nitrogens is 1. The Hall–Kier alpha value is -3.56. The Morgan fingerprint density at radius 3 is 2.28 bits per heavy atom. The summed E-state index contributed by atoms with van der Waals surface area (Å²) in [5, 5.41) is 5.81. The summed E-state index contributed by atoms with van der Waals surface area (Å²) >= 11 is 6.19. The van der Waals surface area contributed by atoms with Crippen molar-refractivity contribution in [3.8, 4) is 0 Å². The van der Waals surface area contributed by atoms with Crippen molar-refractivity contribution in [1.82, 2.24) is 9.97 Å². The van der Waals surface area contributed by atoms with Crippen molar-refractivity contribution >= 4 is 58.2 Å². The van der Waals surface area contributed by atoms with Crippen molar-refractivity contribution in [2.75, 3.05) is 10.6 Å². The molecule has 3 aromatic carbocycles. The van der Waals surface area contributed by atoms with Gasteiger partial charge in [0.2, 0.25) is 0 Å². The summed E-state index contributed by atoms with van der Waals surface area (Å²) in [5.41, 5.74) is 0.579. The second-order valence-corrected chi connectivity index (χ2v) is 10.6. The summed E-state index contributed by atoms with van der Waals surface area (Å²) in [5.74, 6) is -0.837. The molecule has 0 unspecified atom stereocenters. The van der Waals surface area contributed by atoms with Gasteiger partial charge in [-0.3, -0.25) is 9.59 Å². The van der Waals surface area contributed by atoms with Gasteiger partial charge in [0.15, 0.2) is 0 Å². The Morgan fingerprint density at radius 1 is 0.949 bits per heavy atom. The SMILES string of the molecule is Cc1c(Cl)cccc1NC(=O)c1cc(NC(=O)c2ccccc2C(F)(F)F)cc2[nH]c(CC(C)(C)C)nc12.Cl. The van der Waals surface area contributed by atoms with Crippen LogP contribution in [-0.4, -0.2) is 21.8 Å². The number of fused-ring (bicyclic) bond motifs is 1. The maximum atomic E-state index is 13.5. The molecule has 3 N–H and O–H groups in total. The minimum atomic E-state index is -4.71. The highest BCUT2D eigenvalue weighted by atomic mass is 35.5. The van der Waals surface area contributed by atoms with Crippen molar-refractivity contribution < 1.29 is 22.8 Å². The van der Waals surface area contributed by atoms with Gasteiger partial charge in [-0.2, -0.15) is 13.2 Å². The third-order valence-electron chi connectivity index (χ3n) is 5.83. The second-order valence-electron chi connectivity index (χ2n) is 10.2. The van der Waals surface area contributed by atoms with E-state index in [1.165, 1.54) is 18.2 Å². The van der Waals surface area contributed by atoms with Crippen LogP contribution < -0.4 is 10.6 Å². The molecule has 0 radical (unpaired) electrons. The molecule has 0 saturated heterocycles. The zero-order valence-electron chi connectivity index (χ0n) is 21.6. The zero-order chi connectivity index (χ0) is 27.8. The van der Waals surface area contributed by atoms with E-state index in [1.54, 1.807) is 31.2 Å². The normalized spacial score (nSPS) is 11.7. The van der Waals surface area contributed by atoms with Gasteiger partial charge in [-0.15, -0.1) is 12.4 Å².